The van der Waals surface area contributed by atoms with Crippen LogP contribution in [-0.4, -0.2) is 5.91 Å². The third-order valence-electron chi connectivity index (χ3n) is 3.00. The van der Waals surface area contributed by atoms with Gasteiger partial charge >= 0.3 is 0 Å². The number of rotatable bonds is 7. The Kier molecular flexibility index (Phi) is 7.02. The lowest BCUT2D eigenvalue weighted by Crippen LogP contribution is -2.30. The Bertz CT molecular complexity index is 373. The Balaban J connectivity index is 2.48. The maximum atomic E-state index is 12.1. The van der Waals surface area contributed by atoms with Crippen molar-refractivity contribution in [2.75, 3.05) is 0 Å². The second-order valence-electron chi connectivity index (χ2n) is 4.62. The maximum absolute atomic E-state index is 12.1. The number of hydrogen-bond acceptors (Lipinski definition) is 1. The SMILES string of the molecule is CCCC(CCC)C(=O)NCc1cccc(Br)c1. The minimum absolute atomic E-state index is 0.173. The van der Waals surface area contributed by atoms with Gasteiger partial charge in [-0.2, -0.15) is 0 Å². The monoisotopic (exact) mass is 311 g/mol. The third-order valence-corrected chi connectivity index (χ3v) is 3.49. The average molecular weight is 312 g/mol. The summed E-state index contributed by atoms with van der Waals surface area (Å²) in [6.45, 7) is 4.87. The fourth-order valence-electron chi connectivity index (χ4n) is 2.08. The van der Waals surface area contributed by atoms with Crippen molar-refractivity contribution in [2.45, 2.75) is 46.1 Å². The van der Waals surface area contributed by atoms with Crippen LogP contribution in [-0.2, 0) is 11.3 Å². The Labute approximate surface area is 118 Å². The van der Waals surface area contributed by atoms with E-state index in [0.29, 0.717) is 6.54 Å². The molecule has 3 heteroatoms. The number of carbonyl (C=O) groups excluding carboxylic acids is 1. The van der Waals surface area contributed by atoms with Crippen LogP contribution in [0.4, 0.5) is 0 Å². The van der Waals surface area contributed by atoms with Crippen molar-refractivity contribution in [3.8, 4) is 0 Å². The second kappa shape index (κ2) is 8.30. The van der Waals surface area contributed by atoms with Gasteiger partial charge < -0.3 is 5.32 Å². The number of halogens is 1. The van der Waals surface area contributed by atoms with Crippen LogP contribution in [0.3, 0.4) is 0 Å². The van der Waals surface area contributed by atoms with Gasteiger partial charge in [0.1, 0.15) is 0 Å². The molecule has 0 atom stereocenters. The van der Waals surface area contributed by atoms with E-state index in [-0.39, 0.29) is 11.8 Å². The number of nitrogens with one attached hydrogen (secondary N) is 1. The molecule has 1 aromatic rings. The molecule has 0 aromatic heterocycles. The van der Waals surface area contributed by atoms with Crippen molar-refractivity contribution in [2.24, 2.45) is 5.92 Å². The second-order valence-corrected chi connectivity index (χ2v) is 5.54. The van der Waals surface area contributed by atoms with Gasteiger partial charge in [-0.05, 0) is 30.5 Å². The summed E-state index contributed by atoms with van der Waals surface area (Å²) in [5, 5.41) is 3.04. The van der Waals surface area contributed by atoms with Crippen LogP contribution in [0, 0.1) is 5.92 Å². The van der Waals surface area contributed by atoms with Crippen molar-refractivity contribution in [1.29, 1.82) is 0 Å². The molecule has 0 aliphatic carbocycles. The van der Waals surface area contributed by atoms with Gasteiger partial charge in [-0.15, -0.1) is 0 Å². The predicted molar refractivity (Wildman–Crippen MR) is 79.3 cm³/mol. The van der Waals surface area contributed by atoms with Gasteiger partial charge in [-0.25, -0.2) is 0 Å². The first-order valence-electron chi connectivity index (χ1n) is 6.69. The number of amides is 1. The van der Waals surface area contributed by atoms with E-state index in [2.05, 4.69) is 35.1 Å². The minimum Gasteiger partial charge on any atom is -0.352 e. The molecular formula is C15H22BrNO. The molecule has 0 unspecified atom stereocenters. The molecule has 0 radical (unpaired) electrons. The van der Waals surface area contributed by atoms with Gasteiger partial charge in [0, 0.05) is 16.9 Å². The van der Waals surface area contributed by atoms with Crippen molar-refractivity contribution >= 4 is 21.8 Å². The van der Waals surface area contributed by atoms with E-state index in [1.54, 1.807) is 0 Å². The van der Waals surface area contributed by atoms with Gasteiger partial charge in [-0.1, -0.05) is 54.8 Å². The Morgan fingerprint density at radius 1 is 1.28 bits per heavy atom. The van der Waals surface area contributed by atoms with Crippen LogP contribution in [0.2, 0.25) is 0 Å². The van der Waals surface area contributed by atoms with Crippen LogP contribution < -0.4 is 5.32 Å². The molecule has 0 heterocycles. The van der Waals surface area contributed by atoms with E-state index in [1.807, 2.05) is 24.3 Å². The minimum atomic E-state index is 0.173. The van der Waals surface area contributed by atoms with E-state index >= 15 is 0 Å². The highest BCUT2D eigenvalue weighted by Gasteiger charge is 2.15. The standard InChI is InChI=1S/C15H22BrNO/c1-3-6-13(7-4-2)15(18)17-11-12-8-5-9-14(16)10-12/h5,8-10,13H,3-4,6-7,11H2,1-2H3,(H,17,18). The zero-order valence-electron chi connectivity index (χ0n) is 11.2. The van der Waals surface area contributed by atoms with Gasteiger partial charge in [0.25, 0.3) is 0 Å². The summed E-state index contributed by atoms with van der Waals surface area (Å²) in [6.07, 6.45) is 4.10. The van der Waals surface area contributed by atoms with Crippen molar-refractivity contribution in [3.05, 3.63) is 34.3 Å². The van der Waals surface area contributed by atoms with Gasteiger partial charge in [0.05, 0.1) is 0 Å². The lowest BCUT2D eigenvalue weighted by Gasteiger charge is -2.15. The molecule has 1 amide bonds. The molecule has 0 saturated carbocycles. The van der Waals surface area contributed by atoms with Gasteiger partial charge in [-0.3, -0.25) is 4.79 Å². The number of benzene rings is 1. The lowest BCUT2D eigenvalue weighted by atomic mass is 9.97. The first-order chi connectivity index (χ1) is 8.67. The molecule has 0 saturated heterocycles. The Morgan fingerprint density at radius 3 is 2.50 bits per heavy atom. The van der Waals surface area contributed by atoms with Gasteiger partial charge in [0.2, 0.25) is 5.91 Å². The number of hydrogen-bond donors (Lipinski definition) is 1. The fourth-order valence-corrected chi connectivity index (χ4v) is 2.53. The molecular weight excluding hydrogens is 290 g/mol. The molecule has 1 aromatic carbocycles. The molecule has 1 rings (SSSR count). The summed E-state index contributed by atoms with van der Waals surface area (Å²) in [7, 11) is 0. The van der Waals surface area contributed by atoms with E-state index in [1.165, 1.54) is 0 Å². The molecule has 0 aliphatic rings. The summed E-state index contributed by atoms with van der Waals surface area (Å²) in [5.41, 5.74) is 1.13. The average Bonchev–Trinajstić information content (AvgIpc) is 2.36. The number of carbonyl (C=O) groups is 1. The van der Waals surface area contributed by atoms with E-state index in [9.17, 15) is 4.79 Å². The third kappa shape index (κ3) is 5.21. The normalized spacial score (nSPS) is 10.7. The highest BCUT2D eigenvalue weighted by atomic mass is 79.9. The van der Waals surface area contributed by atoms with Crippen molar-refractivity contribution in [3.63, 3.8) is 0 Å². The molecule has 1 N–H and O–H groups in total. The summed E-state index contributed by atoms with van der Waals surface area (Å²) >= 11 is 3.44. The van der Waals surface area contributed by atoms with Crippen LogP contribution in [0.1, 0.15) is 45.1 Å². The topological polar surface area (TPSA) is 29.1 Å². The predicted octanol–water partition coefficient (Wildman–Crippen LogP) is 4.28. The first kappa shape index (κ1) is 15.2. The van der Waals surface area contributed by atoms with Crippen molar-refractivity contribution in [1.82, 2.24) is 5.32 Å². The van der Waals surface area contributed by atoms with E-state index < -0.39 is 0 Å². The molecule has 100 valence electrons. The highest BCUT2D eigenvalue weighted by molar-refractivity contribution is 9.10. The molecule has 0 spiro atoms. The fraction of sp³-hybridized carbons (Fsp3) is 0.533. The van der Waals surface area contributed by atoms with Crippen LogP contribution >= 0.6 is 15.9 Å². The first-order valence-corrected chi connectivity index (χ1v) is 7.48. The molecule has 0 bridgehead atoms. The summed E-state index contributed by atoms with van der Waals surface area (Å²) < 4.78 is 1.05. The van der Waals surface area contributed by atoms with E-state index in [0.717, 1.165) is 35.7 Å². The quantitative estimate of drug-likeness (QED) is 0.800. The summed E-state index contributed by atoms with van der Waals surface area (Å²) in [6, 6.07) is 8.04. The molecule has 2 nitrogen and oxygen atoms in total. The van der Waals surface area contributed by atoms with Crippen molar-refractivity contribution < 1.29 is 4.79 Å². The largest absolute Gasteiger partial charge is 0.352 e. The lowest BCUT2D eigenvalue weighted by molar-refractivity contribution is -0.125. The maximum Gasteiger partial charge on any atom is 0.223 e. The van der Waals surface area contributed by atoms with Crippen LogP contribution in [0.25, 0.3) is 0 Å². The van der Waals surface area contributed by atoms with Crippen LogP contribution in [0.5, 0.6) is 0 Å². The molecule has 18 heavy (non-hydrogen) atoms. The van der Waals surface area contributed by atoms with Crippen LogP contribution in [0.15, 0.2) is 28.7 Å². The Morgan fingerprint density at radius 2 is 1.94 bits per heavy atom. The Hall–Kier alpha value is -0.830. The molecule has 0 fully saturated rings. The zero-order chi connectivity index (χ0) is 13.4. The molecule has 0 aliphatic heterocycles. The highest BCUT2D eigenvalue weighted by Crippen LogP contribution is 2.15. The smallest absolute Gasteiger partial charge is 0.223 e. The van der Waals surface area contributed by atoms with Gasteiger partial charge in [0.15, 0.2) is 0 Å². The summed E-state index contributed by atoms with van der Waals surface area (Å²) in [4.78, 5) is 12.1. The summed E-state index contributed by atoms with van der Waals surface area (Å²) in [5.74, 6) is 0.367. The van der Waals surface area contributed by atoms with E-state index in [4.69, 9.17) is 0 Å². The zero-order valence-corrected chi connectivity index (χ0v) is 12.8.